The Hall–Kier alpha value is -0.890. The van der Waals surface area contributed by atoms with E-state index < -0.39 is 7.60 Å². The summed E-state index contributed by atoms with van der Waals surface area (Å²) in [5, 5.41) is 0. The summed E-state index contributed by atoms with van der Waals surface area (Å²) >= 11 is 0. The van der Waals surface area contributed by atoms with E-state index >= 15 is 0 Å². The van der Waals surface area contributed by atoms with Crippen molar-refractivity contribution in [2.45, 2.75) is 32.9 Å². The zero-order chi connectivity index (χ0) is 14.1. The smallest absolute Gasteiger partial charge is 0.308 e. The van der Waals surface area contributed by atoms with Crippen LogP contribution in [0, 0.1) is 0 Å². The van der Waals surface area contributed by atoms with Crippen molar-refractivity contribution in [2.75, 3.05) is 13.2 Å². The molecule has 0 saturated heterocycles. The molecule has 0 unspecified atom stereocenters. The van der Waals surface area contributed by atoms with Crippen molar-refractivity contribution in [3.05, 3.63) is 42.0 Å². The average Bonchev–Trinajstić information content (AvgIpc) is 2.44. The van der Waals surface area contributed by atoms with Gasteiger partial charge in [-0.25, -0.2) is 0 Å². The highest BCUT2D eigenvalue weighted by Crippen LogP contribution is 2.52. The van der Waals surface area contributed by atoms with Crippen molar-refractivity contribution in [1.29, 1.82) is 0 Å². The molecule has 1 rings (SSSR count). The second kappa shape index (κ2) is 8.31. The van der Waals surface area contributed by atoms with Crippen molar-refractivity contribution >= 4 is 13.7 Å². The maximum absolute atomic E-state index is 12.7. The molecule has 1 aromatic rings. The van der Waals surface area contributed by atoms with Crippen molar-refractivity contribution in [2.24, 2.45) is 0 Å². The summed E-state index contributed by atoms with van der Waals surface area (Å²) in [5.74, 6) is 0. The minimum Gasteiger partial charge on any atom is -0.308 e. The van der Waals surface area contributed by atoms with Crippen LogP contribution in [0.4, 0.5) is 0 Å². The average molecular weight is 282 g/mol. The van der Waals surface area contributed by atoms with Crippen LogP contribution in [-0.2, 0) is 19.8 Å². The Balaban J connectivity index is 2.86. The van der Waals surface area contributed by atoms with Crippen LogP contribution in [0.3, 0.4) is 0 Å². The zero-order valence-corrected chi connectivity index (χ0v) is 12.7. The Kier molecular flexibility index (Phi) is 7.07. The van der Waals surface area contributed by atoms with Crippen LogP contribution in [0.25, 0.3) is 6.08 Å². The van der Waals surface area contributed by atoms with E-state index in [4.69, 9.17) is 9.05 Å². The van der Waals surface area contributed by atoms with E-state index in [2.05, 4.69) is 6.58 Å². The van der Waals surface area contributed by atoms with Gasteiger partial charge in [0.2, 0.25) is 0 Å². The molecule has 0 aromatic heterocycles. The molecule has 0 amide bonds. The Morgan fingerprint density at radius 1 is 1.16 bits per heavy atom. The number of rotatable bonds is 9. The van der Waals surface area contributed by atoms with Gasteiger partial charge in [-0.15, -0.1) is 0 Å². The second-order valence-electron chi connectivity index (χ2n) is 4.34. The van der Waals surface area contributed by atoms with Gasteiger partial charge in [0.05, 0.1) is 19.4 Å². The minimum atomic E-state index is -3.06. The van der Waals surface area contributed by atoms with Gasteiger partial charge in [-0.05, 0) is 24.0 Å². The number of hydrogen-bond acceptors (Lipinski definition) is 3. The molecule has 1 aromatic carbocycles. The Morgan fingerprint density at radius 2 is 1.74 bits per heavy atom. The van der Waals surface area contributed by atoms with E-state index in [1.165, 1.54) is 0 Å². The molecule has 0 radical (unpaired) electrons. The highest BCUT2D eigenvalue weighted by molar-refractivity contribution is 7.53. The summed E-state index contributed by atoms with van der Waals surface area (Å²) in [4.78, 5) is 0. The van der Waals surface area contributed by atoms with Gasteiger partial charge in [-0.2, -0.15) is 0 Å². The molecule has 0 aliphatic rings. The second-order valence-corrected chi connectivity index (χ2v) is 6.39. The zero-order valence-electron chi connectivity index (χ0n) is 11.8. The molecule has 0 bridgehead atoms. The summed E-state index contributed by atoms with van der Waals surface area (Å²) in [7, 11) is -3.06. The molecule has 4 heteroatoms. The summed E-state index contributed by atoms with van der Waals surface area (Å²) < 4.78 is 23.7. The molecule has 19 heavy (non-hydrogen) atoms. The fourth-order valence-electron chi connectivity index (χ4n) is 1.68. The molecule has 3 nitrogen and oxygen atoms in total. The van der Waals surface area contributed by atoms with Gasteiger partial charge in [0.15, 0.2) is 0 Å². The third kappa shape index (κ3) is 5.32. The van der Waals surface area contributed by atoms with Crippen molar-refractivity contribution < 1.29 is 13.6 Å². The van der Waals surface area contributed by atoms with Crippen LogP contribution in [0.2, 0.25) is 0 Å². The highest BCUT2D eigenvalue weighted by atomic mass is 31.2. The fraction of sp³-hybridized carbons (Fsp3) is 0.467. The quantitative estimate of drug-likeness (QED) is 0.606. The Bertz CT molecular complexity index is 431. The first-order valence-corrected chi connectivity index (χ1v) is 8.46. The van der Waals surface area contributed by atoms with Crippen molar-refractivity contribution in [1.82, 2.24) is 0 Å². The van der Waals surface area contributed by atoms with Gasteiger partial charge < -0.3 is 9.05 Å². The largest absolute Gasteiger partial charge is 0.335 e. The molecule has 0 spiro atoms. The maximum Gasteiger partial charge on any atom is 0.335 e. The van der Waals surface area contributed by atoms with E-state index in [1.807, 2.05) is 38.1 Å². The monoisotopic (exact) mass is 282 g/mol. The molecule has 0 saturated carbocycles. The SMILES string of the molecule is C=Cc1ccccc1CP(=O)(OCCC)OCCC. The van der Waals surface area contributed by atoms with Crippen LogP contribution in [0.15, 0.2) is 30.8 Å². The van der Waals surface area contributed by atoms with E-state index in [1.54, 1.807) is 6.08 Å². The highest BCUT2D eigenvalue weighted by Gasteiger charge is 2.25. The van der Waals surface area contributed by atoms with E-state index in [0.717, 1.165) is 24.0 Å². The molecule has 106 valence electrons. The molecular formula is C15H23O3P. The predicted octanol–water partition coefficient (Wildman–Crippen LogP) is 4.88. The van der Waals surface area contributed by atoms with Gasteiger partial charge in [0.25, 0.3) is 0 Å². The molecule has 0 atom stereocenters. The topological polar surface area (TPSA) is 35.5 Å². The van der Waals surface area contributed by atoms with Crippen LogP contribution >= 0.6 is 7.60 Å². The molecular weight excluding hydrogens is 259 g/mol. The predicted molar refractivity (Wildman–Crippen MR) is 80.3 cm³/mol. The lowest BCUT2D eigenvalue weighted by molar-refractivity contribution is 0.203. The van der Waals surface area contributed by atoms with Crippen LogP contribution < -0.4 is 0 Å². The lowest BCUT2D eigenvalue weighted by atomic mass is 10.1. The van der Waals surface area contributed by atoms with E-state index in [9.17, 15) is 4.57 Å². The maximum atomic E-state index is 12.7. The van der Waals surface area contributed by atoms with Crippen molar-refractivity contribution in [3.63, 3.8) is 0 Å². The Labute approximate surface area is 116 Å². The van der Waals surface area contributed by atoms with Gasteiger partial charge in [0, 0.05) is 0 Å². The Morgan fingerprint density at radius 3 is 2.26 bits per heavy atom. The van der Waals surface area contributed by atoms with E-state index in [-0.39, 0.29) is 0 Å². The fourth-order valence-corrected chi connectivity index (χ4v) is 3.56. The molecule has 0 aliphatic heterocycles. The van der Waals surface area contributed by atoms with E-state index in [0.29, 0.717) is 19.4 Å². The first kappa shape index (κ1) is 16.2. The van der Waals surface area contributed by atoms with Crippen LogP contribution in [-0.4, -0.2) is 13.2 Å². The first-order chi connectivity index (χ1) is 9.15. The van der Waals surface area contributed by atoms with Gasteiger partial charge >= 0.3 is 7.60 Å². The summed E-state index contributed by atoms with van der Waals surface area (Å²) in [6.45, 7) is 8.66. The normalized spacial score (nSPS) is 11.5. The third-order valence-corrected chi connectivity index (χ3v) is 4.50. The van der Waals surface area contributed by atoms with Gasteiger partial charge in [-0.3, -0.25) is 4.57 Å². The van der Waals surface area contributed by atoms with Crippen LogP contribution in [0.5, 0.6) is 0 Å². The minimum absolute atomic E-state index is 0.301. The lowest BCUT2D eigenvalue weighted by Gasteiger charge is -2.19. The molecule has 0 N–H and O–H groups in total. The van der Waals surface area contributed by atoms with Crippen LogP contribution in [0.1, 0.15) is 37.8 Å². The van der Waals surface area contributed by atoms with Gasteiger partial charge in [0.1, 0.15) is 0 Å². The molecule has 0 heterocycles. The van der Waals surface area contributed by atoms with Crippen molar-refractivity contribution in [3.8, 4) is 0 Å². The lowest BCUT2D eigenvalue weighted by Crippen LogP contribution is -2.02. The third-order valence-electron chi connectivity index (χ3n) is 2.62. The number of hydrogen-bond donors (Lipinski definition) is 0. The first-order valence-electron chi connectivity index (χ1n) is 6.73. The molecule has 0 fully saturated rings. The summed E-state index contributed by atoms with van der Waals surface area (Å²) in [6.07, 6.45) is 3.71. The standard InChI is InChI=1S/C15H23O3P/c1-4-11-17-19(16,18-12-5-2)13-15-10-8-7-9-14(15)6-3/h6-10H,3-5,11-13H2,1-2H3. The summed E-state index contributed by atoms with van der Waals surface area (Å²) in [6, 6.07) is 7.75. The molecule has 0 aliphatic carbocycles. The summed E-state index contributed by atoms with van der Waals surface area (Å²) in [5.41, 5.74) is 1.93. The number of benzene rings is 1. The van der Waals surface area contributed by atoms with Gasteiger partial charge in [-0.1, -0.05) is 50.8 Å².